The molecule has 2 aromatic rings. The fourth-order valence-corrected chi connectivity index (χ4v) is 2.30. The lowest BCUT2D eigenvalue weighted by Gasteiger charge is -2.23. The second-order valence-corrected chi connectivity index (χ2v) is 5.20. The Labute approximate surface area is 125 Å². The van der Waals surface area contributed by atoms with Crippen molar-refractivity contribution in [1.82, 2.24) is 25.1 Å². The molecule has 1 aromatic heterocycles. The number of alkyl halides is 2. The maximum atomic E-state index is 13.0. The van der Waals surface area contributed by atoms with E-state index >= 15 is 0 Å². The molecular weight excluding hydrogens is 296 g/mol. The van der Waals surface area contributed by atoms with Crippen LogP contribution in [0.1, 0.15) is 24.4 Å². The van der Waals surface area contributed by atoms with Crippen LogP contribution in [0.15, 0.2) is 18.2 Å². The molecule has 22 heavy (non-hydrogen) atoms. The van der Waals surface area contributed by atoms with Gasteiger partial charge in [-0.25, -0.2) is 4.68 Å². The van der Waals surface area contributed by atoms with Gasteiger partial charge < -0.3 is 9.47 Å². The van der Waals surface area contributed by atoms with Gasteiger partial charge in [-0.05, 0) is 42.1 Å². The minimum absolute atomic E-state index is 0.0353. The van der Waals surface area contributed by atoms with Crippen LogP contribution in [-0.2, 0) is 13.6 Å². The minimum atomic E-state index is -3.59. The number of benzene rings is 1. The molecule has 0 radical (unpaired) electrons. The van der Waals surface area contributed by atoms with Gasteiger partial charge in [-0.3, -0.25) is 4.90 Å². The van der Waals surface area contributed by atoms with Gasteiger partial charge in [0.25, 0.3) is 0 Å². The first-order valence-corrected chi connectivity index (χ1v) is 6.67. The van der Waals surface area contributed by atoms with E-state index in [1.165, 1.54) is 6.07 Å². The summed E-state index contributed by atoms with van der Waals surface area (Å²) >= 11 is 0. The van der Waals surface area contributed by atoms with Crippen LogP contribution in [0.25, 0.3) is 0 Å². The Morgan fingerprint density at radius 1 is 1.32 bits per heavy atom. The first kappa shape index (κ1) is 14.6. The molecule has 0 saturated carbocycles. The summed E-state index contributed by atoms with van der Waals surface area (Å²) in [7, 11) is 3.67. The zero-order valence-electron chi connectivity index (χ0n) is 12.3. The van der Waals surface area contributed by atoms with Crippen molar-refractivity contribution in [2.45, 2.75) is 25.8 Å². The molecule has 2 heterocycles. The third-order valence-electron chi connectivity index (χ3n) is 3.59. The zero-order valence-corrected chi connectivity index (χ0v) is 12.3. The average molecular weight is 311 g/mol. The number of halogens is 2. The zero-order chi connectivity index (χ0) is 15.9. The molecule has 0 aliphatic carbocycles. The Kier molecular flexibility index (Phi) is 3.44. The summed E-state index contributed by atoms with van der Waals surface area (Å²) < 4.78 is 36.5. The minimum Gasteiger partial charge on any atom is -0.395 e. The van der Waals surface area contributed by atoms with Gasteiger partial charge in [0.05, 0.1) is 6.04 Å². The molecular formula is C13H15F2N5O2. The summed E-state index contributed by atoms with van der Waals surface area (Å²) in [5.74, 6) is 0.806. The van der Waals surface area contributed by atoms with E-state index in [0.29, 0.717) is 6.54 Å². The Morgan fingerprint density at radius 3 is 2.73 bits per heavy atom. The Morgan fingerprint density at radius 2 is 2.05 bits per heavy atom. The number of tetrazole rings is 1. The highest BCUT2D eigenvalue weighted by Gasteiger charge is 2.43. The Balaban J connectivity index is 1.73. The number of aromatic nitrogens is 4. The van der Waals surface area contributed by atoms with Crippen LogP contribution < -0.4 is 9.47 Å². The second kappa shape index (κ2) is 5.16. The van der Waals surface area contributed by atoms with Crippen molar-refractivity contribution in [3.63, 3.8) is 0 Å². The van der Waals surface area contributed by atoms with Gasteiger partial charge in [-0.1, -0.05) is 6.07 Å². The standard InChI is InChI=1S/C13H15F2N5O2/c1-8(12-16-17-18-20(12)3)19(2)7-9-4-5-10-11(6-9)22-13(14,15)21-10/h4-6,8H,7H2,1-3H3. The molecule has 0 saturated heterocycles. The number of aryl methyl sites for hydroxylation is 1. The molecule has 0 bridgehead atoms. The van der Waals surface area contributed by atoms with Crippen LogP contribution in [-0.4, -0.2) is 38.4 Å². The van der Waals surface area contributed by atoms with Crippen molar-refractivity contribution >= 4 is 0 Å². The molecule has 0 spiro atoms. The molecule has 7 nitrogen and oxygen atoms in total. The highest BCUT2D eigenvalue weighted by Crippen LogP contribution is 2.41. The van der Waals surface area contributed by atoms with E-state index in [4.69, 9.17) is 0 Å². The van der Waals surface area contributed by atoms with Crippen molar-refractivity contribution in [2.24, 2.45) is 7.05 Å². The molecule has 1 aliphatic rings. The topological polar surface area (TPSA) is 65.3 Å². The lowest BCUT2D eigenvalue weighted by atomic mass is 10.1. The maximum absolute atomic E-state index is 13.0. The van der Waals surface area contributed by atoms with Gasteiger partial charge in [-0.2, -0.15) is 0 Å². The van der Waals surface area contributed by atoms with E-state index in [-0.39, 0.29) is 17.5 Å². The Bertz CT molecular complexity index is 691. The van der Waals surface area contributed by atoms with Crippen LogP contribution in [0.4, 0.5) is 8.78 Å². The highest BCUT2D eigenvalue weighted by molar-refractivity contribution is 5.45. The molecule has 1 aromatic carbocycles. The SMILES string of the molecule is CC(c1nnnn1C)N(C)Cc1ccc2c(c1)OC(F)(F)O2. The first-order valence-electron chi connectivity index (χ1n) is 6.67. The van der Waals surface area contributed by atoms with Crippen LogP contribution in [0, 0.1) is 0 Å². The van der Waals surface area contributed by atoms with Gasteiger partial charge in [0, 0.05) is 13.6 Å². The fraction of sp³-hybridized carbons (Fsp3) is 0.462. The number of fused-ring (bicyclic) bond motifs is 1. The van der Waals surface area contributed by atoms with Crippen LogP contribution in [0.2, 0.25) is 0 Å². The number of hydrogen-bond acceptors (Lipinski definition) is 6. The summed E-state index contributed by atoms with van der Waals surface area (Å²) in [5, 5.41) is 11.4. The van der Waals surface area contributed by atoms with E-state index in [9.17, 15) is 8.78 Å². The summed E-state index contributed by atoms with van der Waals surface area (Å²) in [5.41, 5.74) is 0.824. The normalized spacial score (nSPS) is 17.0. The molecule has 1 aliphatic heterocycles. The monoisotopic (exact) mass is 311 g/mol. The summed E-state index contributed by atoms with van der Waals surface area (Å²) in [4.78, 5) is 2.00. The van der Waals surface area contributed by atoms with Gasteiger partial charge in [-0.15, -0.1) is 13.9 Å². The predicted octanol–water partition coefficient (Wildman–Crippen LogP) is 1.72. The lowest BCUT2D eigenvalue weighted by molar-refractivity contribution is -0.286. The average Bonchev–Trinajstić information content (AvgIpc) is 2.98. The maximum Gasteiger partial charge on any atom is 0.586 e. The van der Waals surface area contributed by atoms with Crippen molar-refractivity contribution in [2.75, 3.05) is 7.05 Å². The quantitative estimate of drug-likeness (QED) is 0.857. The van der Waals surface area contributed by atoms with Crippen molar-refractivity contribution in [1.29, 1.82) is 0 Å². The van der Waals surface area contributed by atoms with Gasteiger partial charge in [0.1, 0.15) is 0 Å². The van der Waals surface area contributed by atoms with Gasteiger partial charge in [0.2, 0.25) is 0 Å². The number of nitrogens with zero attached hydrogens (tertiary/aromatic N) is 5. The first-order chi connectivity index (χ1) is 10.4. The largest absolute Gasteiger partial charge is 0.586 e. The number of hydrogen-bond donors (Lipinski definition) is 0. The highest BCUT2D eigenvalue weighted by atomic mass is 19.3. The molecule has 0 fully saturated rings. The third-order valence-corrected chi connectivity index (χ3v) is 3.59. The van der Waals surface area contributed by atoms with Crippen molar-refractivity contribution in [3.8, 4) is 11.5 Å². The molecule has 118 valence electrons. The van der Waals surface area contributed by atoms with Crippen molar-refractivity contribution in [3.05, 3.63) is 29.6 Å². The third kappa shape index (κ3) is 2.71. The van der Waals surface area contributed by atoms with Gasteiger partial charge in [0.15, 0.2) is 17.3 Å². The number of ether oxygens (including phenoxy) is 2. The molecule has 1 unspecified atom stereocenters. The van der Waals surface area contributed by atoms with E-state index < -0.39 is 6.29 Å². The molecule has 3 rings (SSSR count). The lowest BCUT2D eigenvalue weighted by Crippen LogP contribution is -2.26. The van der Waals surface area contributed by atoms with E-state index in [0.717, 1.165) is 11.4 Å². The summed E-state index contributed by atoms with van der Waals surface area (Å²) in [6.45, 7) is 2.49. The predicted molar refractivity (Wildman–Crippen MR) is 71.3 cm³/mol. The molecule has 9 heteroatoms. The van der Waals surface area contributed by atoms with Crippen molar-refractivity contribution < 1.29 is 18.3 Å². The van der Waals surface area contributed by atoms with Crippen LogP contribution in [0.5, 0.6) is 11.5 Å². The number of rotatable bonds is 4. The van der Waals surface area contributed by atoms with Crippen LogP contribution in [0.3, 0.4) is 0 Å². The van der Waals surface area contributed by atoms with E-state index in [2.05, 4.69) is 25.0 Å². The second-order valence-electron chi connectivity index (χ2n) is 5.20. The smallest absolute Gasteiger partial charge is 0.395 e. The summed E-state index contributed by atoms with van der Waals surface area (Å²) in [6, 6.07) is 4.72. The van der Waals surface area contributed by atoms with E-state index in [1.807, 2.05) is 18.9 Å². The molecule has 0 amide bonds. The van der Waals surface area contributed by atoms with E-state index in [1.54, 1.807) is 23.9 Å². The molecule has 0 N–H and O–H groups in total. The fourth-order valence-electron chi connectivity index (χ4n) is 2.30. The van der Waals surface area contributed by atoms with Crippen LogP contribution >= 0.6 is 0 Å². The summed E-state index contributed by atoms with van der Waals surface area (Å²) in [6.07, 6.45) is -3.59. The van der Waals surface area contributed by atoms with Gasteiger partial charge >= 0.3 is 6.29 Å². The Hall–Kier alpha value is -2.29. The molecule has 1 atom stereocenters.